The smallest absolute Gasteiger partial charge is 0.163 e. The van der Waals surface area contributed by atoms with Crippen LogP contribution in [-0.4, -0.2) is 15.0 Å². The maximum atomic E-state index is 6.48. The Labute approximate surface area is 323 Å². The summed E-state index contributed by atoms with van der Waals surface area (Å²) in [4.78, 5) is 15.1. The predicted molar refractivity (Wildman–Crippen MR) is 231 cm³/mol. The molecule has 0 atom stereocenters. The van der Waals surface area contributed by atoms with E-state index in [2.05, 4.69) is 146 Å². The lowest BCUT2D eigenvalue weighted by Gasteiger charge is -2.12. The van der Waals surface area contributed by atoms with Crippen molar-refractivity contribution in [2.75, 3.05) is 0 Å². The first-order valence-corrected chi connectivity index (χ1v) is 19.0. The van der Waals surface area contributed by atoms with Gasteiger partial charge in [0.25, 0.3) is 0 Å². The summed E-state index contributed by atoms with van der Waals surface area (Å²) in [5.41, 5.74) is 9.32. The van der Waals surface area contributed by atoms with E-state index in [-0.39, 0.29) is 0 Å². The van der Waals surface area contributed by atoms with Crippen LogP contribution in [0, 0.1) is 0 Å². The molecule has 0 radical (unpaired) electrons. The van der Waals surface area contributed by atoms with E-state index in [0.717, 1.165) is 49.8 Å². The minimum atomic E-state index is 0.517. The summed E-state index contributed by atoms with van der Waals surface area (Å²) in [6.07, 6.45) is 0.517. The highest BCUT2D eigenvalue weighted by Gasteiger charge is 2.17. The Kier molecular flexibility index (Phi) is 7.52. The Morgan fingerprint density at radius 1 is 0.321 bits per heavy atom. The third kappa shape index (κ3) is 5.50. The molecule has 0 unspecified atom stereocenters. The third-order valence-electron chi connectivity index (χ3n) is 11.0. The van der Waals surface area contributed by atoms with Crippen LogP contribution in [0.1, 0.15) is 11.4 Å². The van der Waals surface area contributed by atoms with E-state index in [4.69, 9.17) is 19.4 Å². The summed E-state index contributed by atoms with van der Waals surface area (Å²) >= 11 is 0. The molecule has 11 aromatic rings. The summed E-state index contributed by atoms with van der Waals surface area (Å²) in [5, 5.41) is 9.76. The molecule has 0 amide bonds. The van der Waals surface area contributed by atoms with Gasteiger partial charge < -0.3 is 4.42 Å². The lowest BCUT2D eigenvalue weighted by Crippen LogP contribution is -2.04. The topological polar surface area (TPSA) is 51.8 Å². The van der Waals surface area contributed by atoms with Gasteiger partial charge in [0, 0.05) is 28.3 Å². The van der Waals surface area contributed by atoms with Crippen molar-refractivity contribution < 1.29 is 4.42 Å². The number of hydrogen-bond donors (Lipinski definition) is 0. The molecule has 262 valence electrons. The molecule has 2 aromatic heterocycles. The van der Waals surface area contributed by atoms with Crippen molar-refractivity contribution in [1.29, 1.82) is 0 Å². The van der Waals surface area contributed by atoms with Crippen LogP contribution in [0.4, 0.5) is 0 Å². The van der Waals surface area contributed by atoms with Gasteiger partial charge in [0.2, 0.25) is 0 Å². The Bertz CT molecular complexity index is 3230. The molecule has 9 aromatic carbocycles. The number of fused-ring (bicyclic) bond motifs is 9. The Balaban J connectivity index is 1.02. The third-order valence-corrected chi connectivity index (χ3v) is 11.0. The monoisotopic (exact) mass is 715 g/mol. The van der Waals surface area contributed by atoms with Crippen molar-refractivity contribution in [3.8, 4) is 45.0 Å². The Hall–Kier alpha value is -7.43. The normalized spacial score (nSPS) is 11.6. The fourth-order valence-electron chi connectivity index (χ4n) is 8.27. The summed E-state index contributed by atoms with van der Waals surface area (Å²) in [6.45, 7) is 0. The summed E-state index contributed by atoms with van der Waals surface area (Å²) in [7, 11) is 0. The zero-order valence-electron chi connectivity index (χ0n) is 30.4. The first-order valence-electron chi connectivity index (χ1n) is 19.0. The van der Waals surface area contributed by atoms with Gasteiger partial charge in [-0.15, -0.1) is 0 Å². The number of hydrogen-bond acceptors (Lipinski definition) is 4. The second kappa shape index (κ2) is 13.2. The molecule has 11 rings (SSSR count). The zero-order valence-corrected chi connectivity index (χ0v) is 30.4. The SMILES string of the molecule is c1ccc(-c2ccc(-c3nc(Cc4cccc5oc6ccc(-c7ccc8c9ccccc9c9ccccc9c8c7)cc6c45)nc(-c4ccccc4)n3)cc2)cc1. The van der Waals surface area contributed by atoms with Gasteiger partial charge >= 0.3 is 0 Å². The van der Waals surface area contributed by atoms with Crippen LogP contribution in [0.3, 0.4) is 0 Å². The number of nitrogens with zero attached hydrogens (tertiary/aromatic N) is 3. The molecular formula is C52H33N3O. The average molecular weight is 716 g/mol. The highest BCUT2D eigenvalue weighted by molar-refractivity contribution is 6.25. The second-order valence-corrected chi connectivity index (χ2v) is 14.3. The van der Waals surface area contributed by atoms with Gasteiger partial charge in [-0.3, -0.25) is 0 Å². The van der Waals surface area contributed by atoms with Crippen LogP contribution >= 0.6 is 0 Å². The summed E-state index contributed by atoms with van der Waals surface area (Å²) < 4.78 is 6.48. The van der Waals surface area contributed by atoms with Crippen LogP contribution in [-0.2, 0) is 6.42 Å². The molecular weight excluding hydrogens is 683 g/mol. The maximum Gasteiger partial charge on any atom is 0.163 e. The van der Waals surface area contributed by atoms with E-state index in [1.165, 1.54) is 43.4 Å². The Morgan fingerprint density at radius 3 is 1.46 bits per heavy atom. The molecule has 0 fully saturated rings. The number of furan rings is 1. The molecule has 0 bridgehead atoms. The first kappa shape index (κ1) is 32.0. The lowest BCUT2D eigenvalue weighted by molar-refractivity contribution is 0.668. The van der Waals surface area contributed by atoms with Crippen molar-refractivity contribution in [3.05, 3.63) is 199 Å². The van der Waals surface area contributed by atoms with Crippen LogP contribution < -0.4 is 0 Å². The van der Waals surface area contributed by atoms with Crippen molar-refractivity contribution in [2.45, 2.75) is 6.42 Å². The summed E-state index contributed by atoms with van der Waals surface area (Å²) in [6, 6.07) is 66.1. The molecule has 0 N–H and O–H groups in total. The number of aromatic nitrogens is 3. The molecule has 0 aliphatic heterocycles. The minimum absolute atomic E-state index is 0.517. The van der Waals surface area contributed by atoms with Crippen molar-refractivity contribution >= 4 is 54.3 Å². The molecule has 2 heterocycles. The van der Waals surface area contributed by atoms with Crippen LogP contribution in [0.5, 0.6) is 0 Å². The standard InChI is InChI=1S/C52H33N3O/c1-3-12-33(13-4-1)34-22-24-36(25-23-34)52-54-49(53-51(55-52)35-14-5-2-6-15-35)32-39-16-11-21-48-50(39)46-31-38(27-29-47(46)56-48)37-26-28-44-42-19-8-7-17-40(42)41-18-9-10-20-43(41)45(44)30-37/h1-31H,32H2. The van der Waals surface area contributed by atoms with E-state index in [1.807, 2.05) is 42.5 Å². The molecule has 0 saturated carbocycles. The molecule has 0 aliphatic carbocycles. The van der Waals surface area contributed by atoms with Crippen molar-refractivity contribution in [2.24, 2.45) is 0 Å². The van der Waals surface area contributed by atoms with Gasteiger partial charge in [-0.05, 0) is 84.4 Å². The predicted octanol–water partition coefficient (Wildman–Crippen LogP) is 13.5. The largest absolute Gasteiger partial charge is 0.456 e. The average Bonchev–Trinajstić information content (AvgIpc) is 3.66. The highest BCUT2D eigenvalue weighted by atomic mass is 16.3. The molecule has 0 saturated heterocycles. The molecule has 4 heteroatoms. The fraction of sp³-hybridized carbons (Fsp3) is 0.0192. The van der Waals surface area contributed by atoms with Crippen molar-refractivity contribution in [1.82, 2.24) is 15.0 Å². The quantitative estimate of drug-likeness (QED) is 0.161. The first-order chi connectivity index (χ1) is 27.7. The summed E-state index contributed by atoms with van der Waals surface area (Å²) in [5.74, 6) is 2.00. The van der Waals surface area contributed by atoms with Gasteiger partial charge in [0.15, 0.2) is 11.6 Å². The van der Waals surface area contributed by atoms with E-state index in [1.54, 1.807) is 0 Å². The molecule has 4 nitrogen and oxygen atoms in total. The zero-order chi connectivity index (χ0) is 37.0. The molecule has 56 heavy (non-hydrogen) atoms. The highest BCUT2D eigenvalue weighted by Crippen LogP contribution is 2.39. The number of benzene rings is 9. The van der Waals surface area contributed by atoms with Crippen LogP contribution in [0.2, 0.25) is 0 Å². The van der Waals surface area contributed by atoms with Gasteiger partial charge in [-0.1, -0.05) is 164 Å². The number of rotatable bonds is 6. The van der Waals surface area contributed by atoms with Crippen molar-refractivity contribution in [3.63, 3.8) is 0 Å². The van der Waals surface area contributed by atoms with E-state index in [0.29, 0.717) is 23.9 Å². The van der Waals surface area contributed by atoms with Gasteiger partial charge in [0.05, 0.1) is 0 Å². The minimum Gasteiger partial charge on any atom is -0.456 e. The van der Waals surface area contributed by atoms with Crippen LogP contribution in [0.15, 0.2) is 192 Å². The molecule has 0 aliphatic rings. The van der Waals surface area contributed by atoms with Gasteiger partial charge in [-0.25, -0.2) is 15.0 Å². The molecule has 0 spiro atoms. The second-order valence-electron chi connectivity index (χ2n) is 14.3. The Morgan fingerprint density at radius 2 is 0.804 bits per heavy atom. The van der Waals surface area contributed by atoms with Crippen LogP contribution in [0.25, 0.3) is 99.3 Å². The van der Waals surface area contributed by atoms with E-state index < -0.39 is 0 Å². The fourth-order valence-corrected chi connectivity index (χ4v) is 8.27. The van der Waals surface area contributed by atoms with E-state index in [9.17, 15) is 0 Å². The van der Waals surface area contributed by atoms with Gasteiger partial charge in [0.1, 0.15) is 17.0 Å². The lowest BCUT2D eigenvalue weighted by atomic mass is 9.92. The van der Waals surface area contributed by atoms with Gasteiger partial charge in [-0.2, -0.15) is 0 Å². The maximum absolute atomic E-state index is 6.48. The van der Waals surface area contributed by atoms with E-state index >= 15 is 0 Å².